The van der Waals surface area contributed by atoms with Gasteiger partial charge in [0.2, 0.25) is 0 Å². The van der Waals surface area contributed by atoms with Gasteiger partial charge in [-0.25, -0.2) is 9.78 Å². The van der Waals surface area contributed by atoms with Crippen molar-refractivity contribution in [2.45, 2.75) is 11.4 Å². The van der Waals surface area contributed by atoms with Gasteiger partial charge in [0.05, 0.1) is 24.1 Å². The van der Waals surface area contributed by atoms with Crippen molar-refractivity contribution >= 4 is 23.7 Å². The van der Waals surface area contributed by atoms with E-state index in [9.17, 15) is 9.59 Å². The number of hydrogen-bond donors (Lipinski definition) is 1. The highest BCUT2D eigenvalue weighted by Crippen LogP contribution is 2.16. The Morgan fingerprint density at radius 1 is 1.50 bits per heavy atom. The summed E-state index contributed by atoms with van der Waals surface area (Å²) in [5.74, 6) is -0.709. The highest BCUT2D eigenvalue weighted by atomic mass is 32.2. The number of rotatable bonds is 5. The van der Waals surface area contributed by atoms with Crippen LogP contribution in [0.2, 0.25) is 0 Å². The smallest absolute Gasteiger partial charge is 0.337 e. The molecule has 0 atom stereocenters. The van der Waals surface area contributed by atoms with E-state index in [1.54, 1.807) is 6.07 Å². The van der Waals surface area contributed by atoms with Crippen molar-refractivity contribution in [2.24, 2.45) is 0 Å². The number of carboxylic acid groups (broad SMARTS) is 1. The van der Waals surface area contributed by atoms with Crippen molar-refractivity contribution in [1.29, 1.82) is 0 Å². The molecule has 5 nitrogen and oxygen atoms in total. The number of ether oxygens (including phenoxy) is 1. The fourth-order valence-corrected chi connectivity index (χ4v) is 1.70. The molecule has 0 amide bonds. The van der Waals surface area contributed by atoms with E-state index in [1.807, 2.05) is 0 Å². The van der Waals surface area contributed by atoms with Crippen LogP contribution < -0.4 is 0 Å². The van der Waals surface area contributed by atoms with Crippen LogP contribution >= 0.6 is 11.8 Å². The largest absolute Gasteiger partial charge is 0.478 e. The number of carbonyl (C=O) groups excluding carboxylic acids is 1. The van der Waals surface area contributed by atoms with E-state index in [1.165, 1.54) is 31.1 Å². The molecule has 0 aliphatic rings. The van der Waals surface area contributed by atoms with E-state index >= 15 is 0 Å². The van der Waals surface area contributed by atoms with Gasteiger partial charge in [0, 0.05) is 11.9 Å². The van der Waals surface area contributed by atoms with Crippen LogP contribution in [-0.4, -0.2) is 34.9 Å². The number of aromatic nitrogens is 1. The molecule has 0 saturated carbocycles. The number of pyridine rings is 1. The predicted octanol–water partition coefficient (Wildman–Crippen LogP) is 1.43. The van der Waals surface area contributed by atoms with Crippen molar-refractivity contribution in [2.75, 3.05) is 12.9 Å². The Kier molecular flexibility index (Phi) is 4.78. The summed E-state index contributed by atoms with van der Waals surface area (Å²) in [6.45, 7) is 0. The van der Waals surface area contributed by atoms with Crippen LogP contribution in [0, 0.1) is 0 Å². The molecule has 0 bridgehead atoms. The van der Waals surface area contributed by atoms with E-state index in [0.29, 0.717) is 17.2 Å². The molecule has 0 fully saturated rings. The number of nitrogens with zero attached hydrogens (tertiary/aromatic N) is 1. The molecule has 1 aromatic rings. The summed E-state index contributed by atoms with van der Waals surface area (Å²) >= 11 is 1.38. The van der Waals surface area contributed by atoms with Crippen LogP contribution in [0.25, 0.3) is 0 Å². The van der Waals surface area contributed by atoms with E-state index in [0.717, 1.165) is 0 Å². The van der Waals surface area contributed by atoms with Gasteiger partial charge in [0.1, 0.15) is 0 Å². The summed E-state index contributed by atoms with van der Waals surface area (Å²) in [6, 6.07) is 3.10. The molecule has 1 aromatic heterocycles. The van der Waals surface area contributed by atoms with E-state index in [4.69, 9.17) is 5.11 Å². The Hall–Kier alpha value is -1.56. The lowest BCUT2D eigenvalue weighted by Crippen LogP contribution is -2.01. The van der Waals surface area contributed by atoms with Crippen LogP contribution in [0.4, 0.5) is 0 Å². The van der Waals surface area contributed by atoms with E-state index in [2.05, 4.69) is 9.72 Å². The lowest BCUT2D eigenvalue weighted by Gasteiger charge is -2.00. The van der Waals surface area contributed by atoms with Gasteiger partial charge in [-0.05, 0) is 12.1 Å². The highest BCUT2D eigenvalue weighted by molar-refractivity contribution is 7.99. The van der Waals surface area contributed by atoms with Crippen LogP contribution in [0.3, 0.4) is 0 Å². The molecule has 0 aromatic carbocycles. The van der Waals surface area contributed by atoms with Gasteiger partial charge in [-0.2, -0.15) is 0 Å². The average Bonchev–Trinajstić information content (AvgIpc) is 2.29. The molecule has 0 unspecified atom stereocenters. The summed E-state index contributed by atoms with van der Waals surface area (Å²) in [4.78, 5) is 25.3. The molecule has 1 rings (SSSR count). The van der Waals surface area contributed by atoms with Gasteiger partial charge < -0.3 is 9.84 Å². The molecular formula is C10H11NO4S. The van der Waals surface area contributed by atoms with Crippen LogP contribution in [0.5, 0.6) is 0 Å². The number of methoxy groups -OCH3 is 1. The van der Waals surface area contributed by atoms with Crippen molar-refractivity contribution in [1.82, 2.24) is 4.98 Å². The van der Waals surface area contributed by atoms with Gasteiger partial charge in [-0.3, -0.25) is 4.79 Å². The topological polar surface area (TPSA) is 76.5 Å². The average molecular weight is 241 g/mol. The summed E-state index contributed by atoms with van der Waals surface area (Å²) in [5, 5.41) is 9.34. The molecule has 86 valence electrons. The Labute approximate surface area is 96.8 Å². The molecule has 0 aliphatic carbocycles. The quantitative estimate of drug-likeness (QED) is 0.621. The molecule has 16 heavy (non-hydrogen) atoms. The van der Waals surface area contributed by atoms with Crippen molar-refractivity contribution < 1.29 is 19.4 Å². The third kappa shape index (κ3) is 3.90. The van der Waals surface area contributed by atoms with Crippen LogP contribution in [0.15, 0.2) is 23.4 Å². The summed E-state index contributed by atoms with van der Waals surface area (Å²) in [7, 11) is 1.34. The lowest BCUT2D eigenvalue weighted by molar-refractivity contribution is -0.140. The minimum absolute atomic E-state index is 0.150. The van der Waals surface area contributed by atoms with Crippen LogP contribution in [0.1, 0.15) is 16.8 Å². The molecular weight excluding hydrogens is 230 g/mol. The Balaban J connectivity index is 2.43. The summed E-state index contributed by atoms with van der Waals surface area (Å²) < 4.78 is 4.49. The lowest BCUT2D eigenvalue weighted by atomic mass is 10.3. The second-order valence-electron chi connectivity index (χ2n) is 2.86. The second kappa shape index (κ2) is 6.12. The standard InChI is InChI=1S/C10H11NO4S/c1-15-9(12)4-5-16-8-3-2-7(6-11-8)10(13)14/h2-3,6H,4-5H2,1H3,(H,13,14). The monoisotopic (exact) mass is 241 g/mol. The maximum absolute atomic E-state index is 10.8. The first-order valence-electron chi connectivity index (χ1n) is 4.52. The van der Waals surface area contributed by atoms with Crippen molar-refractivity contribution in [3.8, 4) is 0 Å². The van der Waals surface area contributed by atoms with Crippen molar-refractivity contribution in [3.05, 3.63) is 23.9 Å². The third-order valence-corrected chi connectivity index (χ3v) is 2.71. The summed E-state index contributed by atoms with van der Waals surface area (Å²) in [6.07, 6.45) is 1.60. The van der Waals surface area contributed by atoms with Crippen molar-refractivity contribution in [3.63, 3.8) is 0 Å². The number of aromatic carboxylic acids is 1. The summed E-state index contributed by atoms with van der Waals surface area (Å²) in [5.41, 5.74) is 0.150. The zero-order chi connectivity index (χ0) is 12.0. The molecule has 1 N–H and O–H groups in total. The fourth-order valence-electron chi connectivity index (χ4n) is 0.933. The zero-order valence-corrected chi connectivity index (χ0v) is 9.49. The maximum atomic E-state index is 10.8. The number of carbonyl (C=O) groups is 2. The zero-order valence-electron chi connectivity index (χ0n) is 8.67. The third-order valence-electron chi connectivity index (χ3n) is 1.77. The Morgan fingerprint density at radius 2 is 2.25 bits per heavy atom. The molecule has 0 radical (unpaired) electrons. The molecule has 0 saturated heterocycles. The minimum Gasteiger partial charge on any atom is -0.478 e. The first-order chi connectivity index (χ1) is 7.63. The van der Waals surface area contributed by atoms with Gasteiger partial charge in [-0.1, -0.05) is 0 Å². The first kappa shape index (κ1) is 12.5. The highest BCUT2D eigenvalue weighted by Gasteiger charge is 2.04. The van der Waals surface area contributed by atoms with E-state index < -0.39 is 5.97 Å². The number of thioether (sulfide) groups is 1. The number of hydrogen-bond acceptors (Lipinski definition) is 5. The second-order valence-corrected chi connectivity index (χ2v) is 3.98. The van der Waals surface area contributed by atoms with Crippen LogP contribution in [-0.2, 0) is 9.53 Å². The minimum atomic E-state index is -1.00. The Morgan fingerprint density at radius 3 is 2.75 bits per heavy atom. The molecule has 0 aliphatic heterocycles. The molecule has 1 heterocycles. The number of carboxylic acids is 1. The van der Waals surface area contributed by atoms with Gasteiger partial charge in [0.25, 0.3) is 0 Å². The van der Waals surface area contributed by atoms with Gasteiger partial charge in [0.15, 0.2) is 0 Å². The first-order valence-corrected chi connectivity index (χ1v) is 5.51. The molecule has 0 spiro atoms. The predicted molar refractivity (Wildman–Crippen MR) is 58.6 cm³/mol. The fraction of sp³-hybridized carbons (Fsp3) is 0.300. The number of esters is 1. The maximum Gasteiger partial charge on any atom is 0.337 e. The van der Waals surface area contributed by atoms with E-state index in [-0.39, 0.29) is 11.5 Å². The Bertz CT molecular complexity index is 377. The van der Waals surface area contributed by atoms with Gasteiger partial charge in [-0.15, -0.1) is 11.8 Å². The normalized spacial score (nSPS) is 9.81. The molecule has 6 heteroatoms. The SMILES string of the molecule is COC(=O)CCSc1ccc(C(=O)O)cn1. The van der Waals surface area contributed by atoms with Gasteiger partial charge >= 0.3 is 11.9 Å².